The van der Waals surface area contributed by atoms with Crippen molar-refractivity contribution in [3.05, 3.63) is 64.8 Å². The Kier molecular flexibility index (Phi) is 3.23. The van der Waals surface area contributed by atoms with Gasteiger partial charge in [0.1, 0.15) is 0 Å². The highest BCUT2D eigenvalue weighted by Gasteiger charge is 2.06. The summed E-state index contributed by atoms with van der Waals surface area (Å²) >= 11 is 6.28. The third kappa shape index (κ3) is 2.35. The largest absolute Gasteiger partial charge is 0.326 e. The van der Waals surface area contributed by atoms with Crippen LogP contribution in [-0.4, -0.2) is 9.78 Å². The summed E-state index contributed by atoms with van der Waals surface area (Å²) in [7, 11) is 0. The zero-order valence-electron chi connectivity index (χ0n) is 10.4. The molecule has 0 amide bonds. The number of nitrogens with zero attached hydrogens (tertiary/aromatic N) is 2. The molecule has 0 saturated heterocycles. The Morgan fingerprint density at radius 1 is 1.16 bits per heavy atom. The molecule has 0 aliphatic carbocycles. The van der Waals surface area contributed by atoms with Gasteiger partial charge in [0.05, 0.1) is 18.3 Å². The summed E-state index contributed by atoms with van der Waals surface area (Å²) in [5.74, 6) is 0. The maximum Gasteiger partial charge on any atom is 0.0686 e. The van der Waals surface area contributed by atoms with Gasteiger partial charge in [-0.15, -0.1) is 0 Å². The predicted molar refractivity (Wildman–Crippen MR) is 78.2 cm³/mol. The lowest BCUT2D eigenvalue weighted by Gasteiger charge is -2.07. The number of para-hydroxylation sites is 1. The van der Waals surface area contributed by atoms with E-state index in [2.05, 4.69) is 17.2 Å². The van der Waals surface area contributed by atoms with Crippen LogP contribution in [0.15, 0.2) is 48.7 Å². The van der Waals surface area contributed by atoms with Gasteiger partial charge in [0.2, 0.25) is 0 Å². The van der Waals surface area contributed by atoms with E-state index in [1.165, 1.54) is 0 Å². The van der Waals surface area contributed by atoms with E-state index in [4.69, 9.17) is 17.3 Å². The van der Waals surface area contributed by atoms with E-state index in [0.29, 0.717) is 13.1 Å². The predicted octanol–water partition coefficient (Wildman–Crippen LogP) is 3.20. The van der Waals surface area contributed by atoms with Crippen molar-refractivity contribution < 1.29 is 0 Å². The molecule has 19 heavy (non-hydrogen) atoms. The monoisotopic (exact) mass is 271 g/mol. The summed E-state index contributed by atoms with van der Waals surface area (Å²) in [5.41, 5.74) is 8.81. The molecule has 0 bridgehead atoms. The quantitative estimate of drug-likeness (QED) is 0.795. The molecule has 0 aliphatic rings. The molecule has 3 nitrogen and oxygen atoms in total. The third-order valence-electron chi connectivity index (χ3n) is 3.22. The standard InChI is InChI=1S/C15H14ClN3/c16-14-7-11(8-17)5-6-13(14)10-19-15-4-2-1-3-12(15)9-18-19/h1-7,9H,8,10,17H2. The Balaban J connectivity index is 1.97. The molecule has 0 aliphatic heterocycles. The van der Waals surface area contributed by atoms with Crippen LogP contribution in [0.2, 0.25) is 5.02 Å². The zero-order valence-corrected chi connectivity index (χ0v) is 11.1. The van der Waals surface area contributed by atoms with Crippen molar-refractivity contribution in [2.24, 2.45) is 5.73 Å². The van der Waals surface area contributed by atoms with Crippen molar-refractivity contribution in [2.75, 3.05) is 0 Å². The number of hydrogen-bond acceptors (Lipinski definition) is 2. The Hall–Kier alpha value is -1.84. The van der Waals surface area contributed by atoms with Crippen LogP contribution in [0.4, 0.5) is 0 Å². The van der Waals surface area contributed by atoms with E-state index in [1.807, 2.05) is 41.2 Å². The molecule has 1 aromatic heterocycles. The fraction of sp³-hybridized carbons (Fsp3) is 0.133. The second-order valence-electron chi connectivity index (χ2n) is 4.49. The number of benzene rings is 2. The summed E-state index contributed by atoms with van der Waals surface area (Å²) in [6.07, 6.45) is 1.87. The van der Waals surface area contributed by atoms with E-state index >= 15 is 0 Å². The van der Waals surface area contributed by atoms with Gasteiger partial charge in [-0.3, -0.25) is 4.68 Å². The molecule has 0 atom stereocenters. The van der Waals surface area contributed by atoms with Gasteiger partial charge in [0.25, 0.3) is 0 Å². The summed E-state index contributed by atoms with van der Waals surface area (Å²) in [6, 6.07) is 14.1. The second kappa shape index (κ2) is 5.03. The van der Waals surface area contributed by atoms with Crippen molar-refractivity contribution in [1.29, 1.82) is 0 Å². The highest BCUT2D eigenvalue weighted by Crippen LogP contribution is 2.21. The number of aromatic nitrogens is 2. The molecule has 0 fully saturated rings. The first-order valence-electron chi connectivity index (χ1n) is 6.16. The van der Waals surface area contributed by atoms with Gasteiger partial charge in [-0.05, 0) is 23.3 Å². The van der Waals surface area contributed by atoms with Crippen LogP contribution < -0.4 is 5.73 Å². The van der Waals surface area contributed by atoms with E-state index in [1.54, 1.807) is 0 Å². The molecular weight excluding hydrogens is 258 g/mol. The molecule has 2 N–H and O–H groups in total. The number of halogens is 1. The van der Waals surface area contributed by atoms with Gasteiger partial charge >= 0.3 is 0 Å². The number of nitrogens with two attached hydrogens (primary N) is 1. The van der Waals surface area contributed by atoms with Crippen LogP contribution >= 0.6 is 11.6 Å². The maximum atomic E-state index is 6.28. The van der Waals surface area contributed by atoms with Crippen molar-refractivity contribution in [2.45, 2.75) is 13.1 Å². The second-order valence-corrected chi connectivity index (χ2v) is 4.90. The van der Waals surface area contributed by atoms with Crippen molar-refractivity contribution in [3.8, 4) is 0 Å². The summed E-state index contributed by atoms with van der Waals surface area (Å²) in [4.78, 5) is 0. The first-order chi connectivity index (χ1) is 9.28. The van der Waals surface area contributed by atoms with Gasteiger partial charge in [0.15, 0.2) is 0 Å². The average Bonchev–Trinajstić information content (AvgIpc) is 2.84. The molecule has 3 rings (SSSR count). The first kappa shape index (κ1) is 12.2. The van der Waals surface area contributed by atoms with Gasteiger partial charge in [-0.1, -0.05) is 41.9 Å². The highest BCUT2D eigenvalue weighted by atomic mass is 35.5. The van der Waals surface area contributed by atoms with Crippen LogP contribution in [0, 0.1) is 0 Å². The number of fused-ring (bicyclic) bond motifs is 1. The van der Waals surface area contributed by atoms with E-state index in [-0.39, 0.29) is 0 Å². The number of hydrogen-bond donors (Lipinski definition) is 1. The Bertz CT molecular complexity index is 718. The van der Waals surface area contributed by atoms with Crippen LogP contribution in [0.25, 0.3) is 10.9 Å². The fourth-order valence-corrected chi connectivity index (χ4v) is 2.42. The van der Waals surface area contributed by atoms with E-state index in [0.717, 1.165) is 27.1 Å². The minimum atomic E-state index is 0.505. The van der Waals surface area contributed by atoms with Crippen LogP contribution in [0.5, 0.6) is 0 Å². The van der Waals surface area contributed by atoms with Gasteiger partial charge in [-0.2, -0.15) is 5.10 Å². The van der Waals surface area contributed by atoms with E-state index < -0.39 is 0 Å². The lowest BCUT2D eigenvalue weighted by Crippen LogP contribution is -2.03. The molecule has 2 aromatic carbocycles. The molecule has 3 aromatic rings. The van der Waals surface area contributed by atoms with Crippen LogP contribution in [-0.2, 0) is 13.1 Å². The van der Waals surface area contributed by atoms with E-state index in [9.17, 15) is 0 Å². The highest BCUT2D eigenvalue weighted by molar-refractivity contribution is 6.31. The smallest absolute Gasteiger partial charge is 0.0686 e. The summed E-state index contributed by atoms with van der Waals surface area (Å²) < 4.78 is 1.96. The Morgan fingerprint density at radius 2 is 2.00 bits per heavy atom. The minimum Gasteiger partial charge on any atom is -0.326 e. The number of rotatable bonds is 3. The molecule has 0 spiro atoms. The molecule has 4 heteroatoms. The van der Waals surface area contributed by atoms with Crippen molar-refractivity contribution in [3.63, 3.8) is 0 Å². The normalized spacial score (nSPS) is 11.1. The Morgan fingerprint density at radius 3 is 2.79 bits per heavy atom. The lowest BCUT2D eigenvalue weighted by atomic mass is 10.1. The minimum absolute atomic E-state index is 0.505. The van der Waals surface area contributed by atoms with Crippen LogP contribution in [0.3, 0.4) is 0 Å². The van der Waals surface area contributed by atoms with Gasteiger partial charge in [-0.25, -0.2) is 0 Å². The maximum absolute atomic E-state index is 6.28. The SMILES string of the molecule is NCc1ccc(Cn2ncc3ccccc32)c(Cl)c1. The first-order valence-corrected chi connectivity index (χ1v) is 6.53. The molecule has 0 radical (unpaired) electrons. The summed E-state index contributed by atoms with van der Waals surface area (Å²) in [6.45, 7) is 1.17. The molecule has 96 valence electrons. The molecular formula is C15H14ClN3. The fourth-order valence-electron chi connectivity index (χ4n) is 2.16. The van der Waals surface area contributed by atoms with Crippen molar-refractivity contribution in [1.82, 2.24) is 9.78 Å². The summed E-state index contributed by atoms with van der Waals surface area (Å²) in [5, 5.41) is 6.28. The average molecular weight is 272 g/mol. The molecule has 0 saturated carbocycles. The van der Waals surface area contributed by atoms with Gasteiger partial charge in [0, 0.05) is 17.0 Å². The third-order valence-corrected chi connectivity index (χ3v) is 3.58. The molecule has 0 unspecified atom stereocenters. The van der Waals surface area contributed by atoms with Crippen molar-refractivity contribution >= 4 is 22.5 Å². The van der Waals surface area contributed by atoms with Gasteiger partial charge < -0.3 is 5.73 Å². The Labute approximate surface area is 116 Å². The zero-order chi connectivity index (χ0) is 13.2. The topological polar surface area (TPSA) is 43.8 Å². The molecule has 1 heterocycles. The van der Waals surface area contributed by atoms with Crippen LogP contribution in [0.1, 0.15) is 11.1 Å². The lowest BCUT2D eigenvalue weighted by molar-refractivity contribution is 0.712.